The van der Waals surface area contributed by atoms with Gasteiger partial charge in [0.15, 0.2) is 0 Å². The van der Waals surface area contributed by atoms with Crippen LogP contribution in [0.15, 0.2) is 18.2 Å². The number of benzene rings is 1. The summed E-state index contributed by atoms with van der Waals surface area (Å²) in [6.45, 7) is 3.25. The summed E-state index contributed by atoms with van der Waals surface area (Å²) in [7, 11) is 3.52. The third-order valence-electron chi connectivity index (χ3n) is 3.02. The monoisotopic (exact) mass is 291 g/mol. The zero-order valence-electron chi connectivity index (χ0n) is 12.7. The van der Waals surface area contributed by atoms with Gasteiger partial charge in [-0.15, -0.1) is 0 Å². The third kappa shape index (κ3) is 5.94. The van der Waals surface area contributed by atoms with E-state index < -0.39 is 0 Å². The van der Waals surface area contributed by atoms with Gasteiger partial charge in [-0.3, -0.25) is 4.79 Å². The highest BCUT2D eigenvalue weighted by Crippen LogP contribution is 2.11. The zero-order chi connectivity index (χ0) is 15.8. The second kappa shape index (κ2) is 8.40. The Labute approximate surface area is 125 Å². The van der Waals surface area contributed by atoms with Gasteiger partial charge in [0, 0.05) is 31.6 Å². The lowest BCUT2D eigenvalue weighted by Gasteiger charge is -2.20. The highest BCUT2D eigenvalue weighted by molar-refractivity contribution is 5.78. The van der Waals surface area contributed by atoms with Crippen molar-refractivity contribution in [3.05, 3.63) is 35.1 Å². The molecular weight excluding hydrogens is 269 g/mol. The number of carbonyl (C=O) groups excluding carboxylic acids is 1. The Morgan fingerprint density at radius 3 is 2.81 bits per heavy atom. The van der Waals surface area contributed by atoms with Gasteiger partial charge >= 0.3 is 0 Å². The van der Waals surface area contributed by atoms with E-state index in [-0.39, 0.29) is 24.2 Å². The van der Waals surface area contributed by atoms with Gasteiger partial charge in [0.2, 0.25) is 5.91 Å². The summed E-state index contributed by atoms with van der Waals surface area (Å²) in [6, 6.07) is 4.71. The van der Waals surface area contributed by atoms with E-state index in [4.69, 9.17) is 5.73 Å². The van der Waals surface area contributed by atoms with Crippen molar-refractivity contribution in [1.82, 2.24) is 10.2 Å². The molecule has 1 amide bonds. The molecule has 0 aliphatic heterocycles. The van der Waals surface area contributed by atoms with Crippen LogP contribution in [0.3, 0.4) is 0 Å². The minimum Gasteiger partial charge on any atom is -0.359 e. The van der Waals surface area contributed by atoms with Crippen LogP contribution in [0.2, 0.25) is 0 Å². The van der Waals surface area contributed by atoms with Gasteiger partial charge in [0.25, 0.3) is 0 Å². The van der Waals surface area contributed by atoms with Crippen LogP contribution in [-0.4, -0.2) is 38.0 Å². The standard InChI is InChI=1S/C16H22FN3O/c1-12(16(21)19-2)10-20(3)11-14-7-13(5-4-6-18)8-15(17)9-14/h7-9,12H,6,10-11,18H2,1-3H3,(H,19,21). The number of carbonyl (C=O) groups is 1. The molecule has 1 rings (SSSR count). The fourth-order valence-corrected chi connectivity index (χ4v) is 2.14. The van der Waals surface area contributed by atoms with Crippen LogP contribution in [0.1, 0.15) is 18.1 Å². The molecule has 0 spiro atoms. The molecule has 0 aliphatic carbocycles. The van der Waals surface area contributed by atoms with E-state index >= 15 is 0 Å². The van der Waals surface area contributed by atoms with Crippen LogP contribution in [-0.2, 0) is 11.3 Å². The Balaban J connectivity index is 2.73. The van der Waals surface area contributed by atoms with E-state index in [1.165, 1.54) is 12.1 Å². The lowest BCUT2D eigenvalue weighted by Crippen LogP contribution is -2.34. The molecule has 0 saturated heterocycles. The molecule has 3 N–H and O–H groups in total. The Kier molecular flexibility index (Phi) is 6.86. The first kappa shape index (κ1) is 17.2. The number of nitrogens with zero attached hydrogens (tertiary/aromatic N) is 1. The van der Waals surface area contributed by atoms with Crippen LogP contribution in [0.4, 0.5) is 4.39 Å². The number of hydrogen-bond acceptors (Lipinski definition) is 3. The Morgan fingerprint density at radius 2 is 2.19 bits per heavy atom. The molecule has 5 heteroatoms. The second-order valence-electron chi connectivity index (χ2n) is 5.07. The van der Waals surface area contributed by atoms with Crippen molar-refractivity contribution in [2.45, 2.75) is 13.5 Å². The van der Waals surface area contributed by atoms with Crippen molar-refractivity contribution in [1.29, 1.82) is 0 Å². The van der Waals surface area contributed by atoms with Gasteiger partial charge in [-0.2, -0.15) is 0 Å². The Bertz CT molecular complexity index is 548. The molecular formula is C16H22FN3O. The summed E-state index contributed by atoms with van der Waals surface area (Å²) >= 11 is 0. The average molecular weight is 291 g/mol. The van der Waals surface area contributed by atoms with Crippen molar-refractivity contribution in [2.24, 2.45) is 11.7 Å². The summed E-state index contributed by atoms with van der Waals surface area (Å²) in [5, 5.41) is 2.62. The number of hydrogen-bond donors (Lipinski definition) is 2. The van der Waals surface area contributed by atoms with Crippen LogP contribution in [0, 0.1) is 23.6 Å². The molecule has 114 valence electrons. The molecule has 1 unspecified atom stereocenters. The molecule has 1 aromatic rings. The number of nitrogens with two attached hydrogens (primary N) is 1. The molecule has 0 saturated carbocycles. The lowest BCUT2D eigenvalue weighted by atomic mass is 10.1. The quantitative estimate of drug-likeness (QED) is 0.794. The summed E-state index contributed by atoms with van der Waals surface area (Å²) in [5.74, 6) is 5.10. The van der Waals surface area contributed by atoms with E-state index in [2.05, 4.69) is 17.2 Å². The number of amides is 1. The molecule has 4 nitrogen and oxygen atoms in total. The number of nitrogens with one attached hydrogen (secondary N) is 1. The first-order valence-corrected chi connectivity index (χ1v) is 6.84. The maximum Gasteiger partial charge on any atom is 0.223 e. The first-order chi connectivity index (χ1) is 9.96. The SMILES string of the molecule is CNC(=O)C(C)CN(C)Cc1cc(F)cc(C#CCN)c1. The Morgan fingerprint density at radius 1 is 1.48 bits per heavy atom. The van der Waals surface area contributed by atoms with E-state index in [1.807, 2.05) is 24.9 Å². The van der Waals surface area contributed by atoms with Crippen LogP contribution >= 0.6 is 0 Å². The fourth-order valence-electron chi connectivity index (χ4n) is 2.14. The van der Waals surface area contributed by atoms with Gasteiger partial charge < -0.3 is 16.0 Å². The molecule has 1 aromatic carbocycles. The third-order valence-corrected chi connectivity index (χ3v) is 3.02. The predicted octanol–water partition coefficient (Wildman–Crippen LogP) is 0.950. The minimum absolute atomic E-state index is 0.00408. The van der Waals surface area contributed by atoms with Gasteiger partial charge in [-0.1, -0.05) is 18.8 Å². The van der Waals surface area contributed by atoms with E-state index in [1.54, 1.807) is 7.05 Å². The van der Waals surface area contributed by atoms with Crippen molar-refractivity contribution >= 4 is 5.91 Å². The molecule has 0 aromatic heterocycles. The van der Waals surface area contributed by atoms with Gasteiger partial charge in [0.1, 0.15) is 5.82 Å². The zero-order valence-corrected chi connectivity index (χ0v) is 12.7. The molecule has 0 heterocycles. The van der Waals surface area contributed by atoms with Crippen molar-refractivity contribution in [2.75, 3.05) is 27.2 Å². The van der Waals surface area contributed by atoms with Gasteiger partial charge in [-0.25, -0.2) is 4.39 Å². The van der Waals surface area contributed by atoms with Crippen molar-refractivity contribution in [3.8, 4) is 11.8 Å². The molecule has 21 heavy (non-hydrogen) atoms. The molecule has 0 bridgehead atoms. The Hall–Kier alpha value is -1.90. The second-order valence-corrected chi connectivity index (χ2v) is 5.07. The molecule has 1 atom stereocenters. The topological polar surface area (TPSA) is 58.4 Å². The molecule has 0 fully saturated rings. The smallest absolute Gasteiger partial charge is 0.223 e. The predicted molar refractivity (Wildman–Crippen MR) is 81.9 cm³/mol. The van der Waals surface area contributed by atoms with E-state index in [0.717, 1.165) is 5.56 Å². The summed E-state index contributed by atoms with van der Waals surface area (Å²) < 4.78 is 13.6. The summed E-state index contributed by atoms with van der Waals surface area (Å²) in [6.07, 6.45) is 0. The van der Waals surface area contributed by atoms with E-state index in [9.17, 15) is 9.18 Å². The summed E-state index contributed by atoms with van der Waals surface area (Å²) in [5.41, 5.74) is 6.75. The van der Waals surface area contributed by atoms with Crippen LogP contribution in [0.5, 0.6) is 0 Å². The number of rotatable bonds is 5. The van der Waals surface area contributed by atoms with Gasteiger partial charge in [0.05, 0.1) is 6.54 Å². The normalized spacial score (nSPS) is 11.7. The molecule has 0 radical (unpaired) electrons. The van der Waals surface area contributed by atoms with Gasteiger partial charge in [-0.05, 0) is 30.8 Å². The highest BCUT2D eigenvalue weighted by Gasteiger charge is 2.14. The highest BCUT2D eigenvalue weighted by atomic mass is 19.1. The first-order valence-electron chi connectivity index (χ1n) is 6.84. The molecule has 0 aliphatic rings. The fraction of sp³-hybridized carbons (Fsp3) is 0.438. The van der Waals surface area contributed by atoms with E-state index in [0.29, 0.717) is 18.7 Å². The largest absolute Gasteiger partial charge is 0.359 e. The van der Waals surface area contributed by atoms with Crippen molar-refractivity contribution < 1.29 is 9.18 Å². The lowest BCUT2D eigenvalue weighted by molar-refractivity contribution is -0.124. The minimum atomic E-state index is -0.318. The number of halogens is 1. The maximum absolute atomic E-state index is 13.6. The maximum atomic E-state index is 13.6. The summed E-state index contributed by atoms with van der Waals surface area (Å²) in [4.78, 5) is 13.5. The van der Waals surface area contributed by atoms with Crippen LogP contribution < -0.4 is 11.1 Å². The van der Waals surface area contributed by atoms with Crippen LogP contribution in [0.25, 0.3) is 0 Å². The van der Waals surface area contributed by atoms with Crippen molar-refractivity contribution in [3.63, 3.8) is 0 Å². The average Bonchev–Trinajstić information content (AvgIpc) is 2.43.